The Bertz CT molecular complexity index is 1300. The summed E-state index contributed by atoms with van der Waals surface area (Å²) in [7, 11) is -4.03. The van der Waals surface area contributed by atoms with Gasteiger partial charge >= 0.3 is 5.97 Å². The van der Waals surface area contributed by atoms with Gasteiger partial charge in [0.05, 0.1) is 17.1 Å². The largest absolute Gasteiger partial charge is 0.481 e. The molecule has 7 heteroatoms. The topological polar surface area (TPSA) is 91.8 Å². The fourth-order valence-corrected chi connectivity index (χ4v) is 5.67. The van der Waals surface area contributed by atoms with Crippen molar-refractivity contribution in [3.63, 3.8) is 0 Å². The molecular weight excluding hydrogens is 426 g/mol. The van der Waals surface area contributed by atoms with Crippen molar-refractivity contribution >= 4 is 27.5 Å². The lowest BCUT2D eigenvalue weighted by Gasteiger charge is -2.26. The summed E-state index contributed by atoms with van der Waals surface area (Å²) in [5.41, 5.74) is 1.03. The number of hydrogen-bond donors (Lipinski definition) is 1. The number of aryl methyl sites for hydroxylation is 2. The summed E-state index contributed by atoms with van der Waals surface area (Å²) in [6.45, 7) is 3.31. The van der Waals surface area contributed by atoms with E-state index >= 15 is 0 Å². The molecule has 0 bridgehead atoms. The van der Waals surface area contributed by atoms with Gasteiger partial charge in [0.1, 0.15) is 5.41 Å². The van der Waals surface area contributed by atoms with Crippen molar-refractivity contribution in [1.82, 2.24) is 0 Å². The fourth-order valence-electron chi connectivity index (χ4n) is 4.13. The van der Waals surface area contributed by atoms with Crippen LogP contribution >= 0.6 is 0 Å². The minimum atomic E-state index is -4.03. The van der Waals surface area contributed by atoms with Gasteiger partial charge in [-0.15, -0.1) is 0 Å². The molecular formula is C25H23NO5S. The molecule has 4 rings (SSSR count). The van der Waals surface area contributed by atoms with Crippen molar-refractivity contribution in [1.29, 1.82) is 0 Å². The molecule has 0 amide bonds. The molecule has 3 aromatic rings. The Balaban J connectivity index is 1.84. The molecule has 1 unspecified atom stereocenters. The lowest BCUT2D eigenvalue weighted by atomic mass is 9.76. The molecule has 164 valence electrons. The predicted octanol–water partition coefficient (Wildman–Crippen LogP) is 4.11. The molecule has 32 heavy (non-hydrogen) atoms. The summed E-state index contributed by atoms with van der Waals surface area (Å²) in [6, 6.07) is 19.9. The zero-order chi connectivity index (χ0) is 23.1. The first-order valence-electron chi connectivity index (χ1n) is 10.2. The first-order chi connectivity index (χ1) is 15.1. The van der Waals surface area contributed by atoms with Gasteiger partial charge in [0.15, 0.2) is 5.78 Å². The molecule has 1 aliphatic heterocycles. The first-order valence-corrected chi connectivity index (χ1v) is 11.6. The third-order valence-electron chi connectivity index (χ3n) is 5.93. The van der Waals surface area contributed by atoms with Crippen LogP contribution in [0.25, 0.3) is 0 Å². The maximum absolute atomic E-state index is 13.5. The van der Waals surface area contributed by atoms with Crippen molar-refractivity contribution in [2.75, 3.05) is 10.8 Å². The van der Waals surface area contributed by atoms with Crippen molar-refractivity contribution in [3.8, 4) is 0 Å². The highest BCUT2D eigenvalue weighted by Crippen LogP contribution is 2.46. The van der Waals surface area contributed by atoms with Crippen LogP contribution in [0.4, 0.5) is 5.69 Å². The molecule has 6 nitrogen and oxygen atoms in total. The van der Waals surface area contributed by atoms with E-state index < -0.39 is 21.4 Å². The van der Waals surface area contributed by atoms with Gasteiger partial charge in [-0.1, -0.05) is 65.7 Å². The number of aliphatic carboxylic acids is 1. The maximum Gasteiger partial charge on any atom is 0.316 e. The van der Waals surface area contributed by atoms with Gasteiger partial charge in [0.25, 0.3) is 10.0 Å². The van der Waals surface area contributed by atoms with Crippen LogP contribution < -0.4 is 4.31 Å². The number of sulfonamides is 1. The molecule has 0 spiro atoms. The number of fused-ring (bicyclic) bond motifs is 1. The molecule has 1 heterocycles. The highest BCUT2D eigenvalue weighted by molar-refractivity contribution is 7.92. The lowest BCUT2D eigenvalue weighted by Crippen LogP contribution is -2.44. The van der Waals surface area contributed by atoms with Crippen molar-refractivity contribution in [2.45, 2.75) is 30.6 Å². The van der Waals surface area contributed by atoms with E-state index in [1.807, 2.05) is 13.8 Å². The van der Waals surface area contributed by atoms with E-state index in [1.54, 1.807) is 60.7 Å². The number of hydrogen-bond acceptors (Lipinski definition) is 4. The van der Waals surface area contributed by atoms with Crippen LogP contribution in [-0.2, 0) is 20.2 Å². The molecule has 1 aliphatic rings. The summed E-state index contributed by atoms with van der Waals surface area (Å²) in [6.07, 6.45) is -0.345. The maximum atomic E-state index is 13.5. The fraction of sp³-hybridized carbons (Fsp3) is 0.200. The number of carbonyl (C=O) groups is 2. The first kappa shape index (κ1) is 21.8. The average molecular weight is 450 g/mol. The molecule has 1 atom stereocenters. The highest BCUT2D eigenvalue weighted by atomic mass is 32.2. The number of anilines is 1. The standard InChI is InChI=1S/C25H23NO5S/c1-17-8-11-20(12-9-17)32(30,31)26-16-25(24(28)29,21-14-18(2)10-13-22(21)26)15-23(27)19-6-4-3-5-7-19/h3-14H,15-16H2,1-2H3,(H,28,29). The van der Waals surface area contributed by atoms with Crippen molar-refractivity contribution in [2.24, 2.45) is 0 Å². The Morgan fingerprint density at radius 3 is 2.19 bits per heavy atom. The van der Waals surface area contributed by atoms with Gasteiger partial charge in [-0.2, -0.15) is 0 Å². The number of Topliss-reactive ketones (excluding diaryl/α,β-unsaturated/α-hetero) is 1. The zero-order valence-corrected chi connectivity index (χ0v) is 18.6. The Morgan fingerprint density at radius 1 is 0.938 bits per heavy atom. The Kier molecular flexibility index (Phi) is 5.38. The van der Waals surface area contributed by atoms with Crippen LogP contribution in [0.5, 0.6) is 0 Å². The quantitative estimate of drug-likeness (QED) is 0.572. The number of nitrogens with zero attached hydrogens (tertiary/aromatic N) is 1. The summed E-state index contributed by atoms with van der Waals surface area (Å²) >= 11 is 0. The molecule has 1 N–H and O–H groups in total. The molecule has 0 radical (unpaired) electrons. The van der Waals surface area contributed by atoms with Crippen molar-refractivity contribution in [3.05, 3.63) is 95.1 Å². The second-order valence-electron chi connectivity index (χ2n) is 8.20. The minimum Gasteiger partial charge on any atom is -0.481 e. The van der Waals surface area contributed by atoms with E-state index in [1.165, 1.54) is 12.1 Å². The van der Waals surface area contributed by atoms with Crippen LogP contribution in [0.3, 0.4) is 0 Å². The van der Waals surface area contributed by atoms with Gasteiger partial charge in [-0.3, -0.25) is 13.9 Å². The van der Waals surface area contributed by atoms with Gasteiger partial charge < -0.3 is 5.11 Å². The third-order valence-corrected chi connectivity index (χ3v) is 7.70. The Morgan fingerprint density at radius 2 is 1.56 bits per heavy atom. The number of carbonyl (C=O) groups excluding carboxylic acids is 1. The number of rotatable bonds is 6. The van der Waals surface area contributed by atoms with E-state index in [9.17, 15) is 23.1 Å². The lowest BCUT2D eigenvalue weighted by molar-refractivity contribution is -0.143. The van der Waals surface area contributed by atoms with Gasteiger partial charge in [-0.05, 0) is 37.6 Å². The van der Waals surface area contributed by atoms with E-state index in [2.05, 4.69) is 0 Å². The third kappa shape index (κ3) is 3.58. The summed E-state index contributed by atoms with van der Waals surface area (Å²) in [5, 5.41) is 10.3. The van der Waals surface area contributed by atoms with Crippen molar-refractivity contribution < 1.29 is 23.1 Å². The predicted molar refractivity (Wildman–Crippen MR) is 122 cm³/mol. The van der Waals surface area contributed by atoms with E-state index in [0.29, 0.717) is 16.8 Å². The molecule has 0 aromatic heterocycles. The van der Waals surface area contributed by atoms with E-state index in [4.69, 9.17) is 0 Å². The number of ketones is 1. The summed E-state index contributed by atoms with van der Waals surface area (Å²) in [4.78, 5) is 25.8. The summed E-state index contributed by atoms with van der Waals surface area (Å²) < 4.78 is 28.1. The van der Waals surface area contributed by atoms with Crippen LogP contribution in [0, 0.1) is 13.8 Å². The van der Waals surface area contributed by atoms with Gasteiger partial charge in [0.2, 0.25) is 0 Å². The highest BCUT2D eigenvalue weighted by Gasteiger charge is 2.53. The monoisotopic (exact) mass is 449 g/mol. The minimum absolute atomic E-state index is 0.0743. The van der Waals surface area contributed by atoms with Gasteiger partial charge in [0, 0.05) is 12.0 Å². The second-order valence-corrected chi connectivity index (χ2v) is 10.1. The Labute approximate surface area is 187 Å². The molecule has 3 aromatic carbocycles. The summed E-state index contributed by atoms with van der Waals surface area (Å²) in [5.74, 6) is -1.58. The second kappa shape index (κ2) is 7.91. The van der Waals surface area contributed by atoms with E-state index in [0.717, 1.165) is 15.4 Å². The molecule has 0 saturated heterocycles. The number of carboxylic acids is 1. The average Bonchev–Trinajstić information content (AvgIpc) is 3.10. The number of carboxylic acid groups (broad SMARTS) is 1. The Hall–Kier alpha value is -3.45. The SMILES string of the molecule is Cc1ccc(S(=O)(=O)N2CC(CC(=O)c3ccccc3)(C(=O)O)c3cc(C)ccc32)cc1. The smallest absolute Gasteiger partial charge is 0.316 e. The van der Waals surface area contributed by atoms with Crippen LogP contribution in [0.15, 0.2) is 77.7 Å². The normalized spacial score (nSPS) is 17.8. The van der Waals surface area contributed by atoms with Crippen LogP contribution in [-0.4, -0.2) is 31.8 Å². The van der Waals surface area contributed by atoms with E-state index in [-0.39, 0.29) is 23.6 Å². The van der Waals surface area contributed by atoms with Crippen LogP contribution in [0.2, 0.25) is 0 Å². The molecule has 0 saturated carbocycles. The molecule has 0 fully saturated rings. The van der Waals surface area contributed by atoms with Crippen LogP contribution in [0.1, 0.15) is 33.5 Å². The molecule has 0 aliphatic carbocycles. The van der Waals surface area contributed by atoms with Gasteiger partial charge in [-0.25, -0.2) is 8.42 Å². The zero-order valence-electron chi connectivity index (χ0n) is 17.8. The number of benzene rings is 3.